The lowest BCUT2D eigenvalue weighted by Crippen LogP contribution is -2.40. The summed E-state index contributed by atoms with van der Waals surface area (Å²) in [6, 6.07) is 6.57. The Morgan fingerprint density at radius 3 is 3.16 bits per heavy atom. The third-order valence-corrected chi connectivity index (χ3v) is 5.53. The lowest BCUT2D eigenvalue weighted by molar-refractivity contribution is 0.222. The molecule has 1 heterocycles. The number of fused-ring (bicyclic) bond motifs is 1. The van der Waals surface area contributed by atoms with Gasteiger partial charge >= 0.3 is 0 Å². The van der Waals surface area contributed by atoms with Crippen LogP contribution in [0.5, 0.6) is 5.75 Å². The molecule has 0 bridgehead atoms. The van der Waals surface area contributed by atoms with Gasteiger partial charge in [-0.1, -0.05) is 18.0 Å². The quantitative estimate of drug-likeness (QED) is 0.919. The van der Waals surface area contributed by atoms with E-state index in [9.17, 15) is 0 Å². The topological polar surface area (TPSA) is 21.3 Å². The van der Waals surface area contributed by atoms with Crippen LogP contribution in [0.15, 0.2) is 18.2 Å². The fourth-order valence-corrected chi connectivity index (χ4v) is 4.29. The molecular weight excluding hydrogens is 278 g/mol. The summed E-state index contributed by atoms with van der Waals surface area (Å²) in [6.45, 7) is 0.939. The van der Waals surface area contributed by atoms with Crippen LogP contribution in [0, 0.1) is 0 Å². The van der Waals surface area contributed by atoms with E-state index in [1.807, 2.05) is 30.0 Å². The zero-order valence-electron chi connectivity index (χ0n) is 11.2. The molecule has 3 atom stereocenters. The van der Waals surface area contributed by atoms with Crippen molar-refractivity contribution in [1.82, 2.24) is 5.32 Å². The third kappa shape index (κ3) is 3.04. The molecule has 0 aromatic heterocycles. The summed E-state index contributed by atoms with van der Waals surface area (Å²) in [7, 11) is 0. The van der Waals surface area contributed by atoms with Crippen molar-refractivity contribution in [2.45, 2.75) is 43.1 Å². The van der Waals surface area contributed by atoms with Crippen molar-refractivity contribution in [3.63, 3.8) is 0 Å². The molecule has 1 aliphatic heterocycles. The number of rotatable bonds is 4. The first-order valence-corrected chi connectivity index (χ1v) is 8.64. The van der Waals surface area contributed by atoms with Crippen molar-refractivity contribution >= 4 is 23.4 Å². The van der Waals surface area contributed by atoms with Crippen molar-refractivity contribution in [1.29, 1.82) is 0 Å². The van der Waals surface area contributed by atoms with E-state index in [-0.39, 0.29) is 6.10 Å². The Kier molecular flexibility index (Phi) is 4.25. The van der Waals surface area contributed by atoms with Gasteiger partial charge in [-0.05, 0) is 42.9 Å². The largest absolute Gasteiger partial charge is 0.488 e. The molecule has 0 saturated heterocycles. The van der Waals surface area contributed by atoms with E-state index in [0.29, 0.717) is 6.04 Å². The standard InChI is InChI=1S/C15H20ClNOS/c1-19-15-4-2-3-13(15)17-9-12-8-10-7-11(16)5-6-14(10)18-12/h5-7,12-13,15,17H,2-4,8-9H2,1H3. The van der Waals surface area contributed by atoms with Gasteiger partial charge in [-0.25, -0.2) is 0 Å². The second kappa shape index (κ2) is 5.94. The van der Waals surface area contributed by atoms with E-state index < -0.39 is 0 Å². The van der Waals surface area contributed by atoms with Gasteiger partial charge < -0.3 is 10.1 Å². The highest BCUT2D eigenvalue weighted by atomic mass is 35.5. The van der Waals surface area contributed by atoms with Crippen LogP contribution in [-0.4, -0.2) is 30.2 Å². The highest BCUT2D eigenvalue weighted by molar-refractivity contribution is 7.99. The second-order valence-electron chi connectivity index (χ2n) is 5.42. The number of halogens is 1. The zero-order valence-corrected chi connectivity index (χ0v) is 12.8. The number of thioether (sulfide) groups is 1. The van der Waals surface area contributed by atoms with Gasteiger partial charge in [0.05, 0.1) is 0 Å². The summed E-state index contributed by atoms with van der Waals surface area (Å²) < 4.78 is 5.96. The minimum atomic E-state index is 0.261. The van der Waals surface area contributed by atoms with E-state index >= 15 is 0 Å². The minimum Gasteiger partial charge on any atom is -0.488 e. The maximum atomic E-state index is 6.02. The van der Waals surface area contributed by atoms with E-state index in [2.05, 4.69) is 11.6 Å². The van der Waals surface area contributed by atoms with Gasteiger partial charge in [0.25, 0.3) is 0 Å². The van der Waals surface area contributed by atoms with Gasteiger partial charge in [0.2, 0.25) is 0 Å². The molecular formula is C15H20ClNOS. The van der Waals surface area contributed by atoms with Crippen LogP contribution in [0.25, 0.3) is 0 Å². The Bertz CT molecular complexity index is 454. The molecule has 3 rings (SSSR count). The molecule has 1 aromatic rings. The van der Waals surface area contributed by atoms with E-state index in [1.54, 1.807) is 0 Å². The molecule has 0 spiro atoms. The Morgan fingerprint density at radius 1 is 1.42 bits per heavy atom. The maximum absolute atomic E-state index is 6.02. The molecule has 1 saturated carbocycles. The van der Waals surface area contributed by atoms with Gasteiger partial charge in [-0.2, -0.15) is 11.8 Å². The molecule has 2 aliphatic rings. The molecule has 0 radical (unpaired) electrons. The maximum Gasteiger partial charge on any atom is 0.123 e. The van der Waals surface area contributed by atoms with Gasteiger partial charge in [0.1, 0.15) is 11.9 Å². The lowest BCUT2D eigenvalue weighted by Gasteiger charge is -2.21. The van der Waals surface area contributed by atoms with E-state index in [1.165, 1.54) is 24.8 Å². The average Bonchev–Trinajstić information content (AvgIpc) is 3.01. The van der Waals surface area contributed by atoms with Crippen LogP contribution in [0.2, 0.25) is 5.02 Å². The van der Waals surface area contributed by atoms with Crippen LogP contribution >= 0.6 is 23.4 Å². The monoisotopic (exact) mass is 297 g/mol. The number of nitrogens with one attached hydrogen (secondary N) is 1. The summed E-state index contributed by atoms with van der Waals surface area (Å²) in [5.41, 5.74) is 1.24. The normalized spacial score (nSPS) is 29.3. The summed E-state index contributed by atoms with van der Waals surface area (Å²) in [5.74, 6) is 1.00. The molecule has 3 unspecified atom stereocenters. The van der Waals surface area contributed by atoms with E-state index in [4.69, 9.17) is 16.3 Å². The molecule has 1 aromatic carbocycles. The molecule has 19 heavy (non-hydrogen) atoms. The fraction of sp³-hybridized carbons (Fsp3) is 0.600. The van der Waals surface area contributed by atoms with Crippen molar-refractivity contribution < 1.29 is 4.74 Å². The zero-order chi connectivity index (χ0) is 13.2. The Hall–Kier alpha value is -0.380. The van der Waals surface area contributed by atoms with Crippen molar-refractivity contribution in [3.05, 3.63) is 28.8 Å². The Balaban J connectivity index is 1.53. The molecule has 1 aliphatic carbocycles. The first-order valence-electron chi connectivity index (χ1n) is 6.97. The van der Waals surface area contributed by atoms with Crippen LogP contribution < -0.4 is 10.1 Å². The van der Waals surface area contributed by atoms with Gasteiger partial charge in [-0.15, -0.1) is 0 Å². The predicted molar refractivity (Wildman–Crippen MR) is 82.5 cm³/mol. The van der Waals surface area contributed by atoms with Crippen LogP contribution in [0.1, 0.15) is 24.8 Å². The second-order valence-corrected chi connectivity index (χ2v) is 6.93. The van der Waals surface area contributed by atoms with Crippen molar-refractivity contribution in [2.24, 2.45) is 0 Å². The minimum absolute atomic E-state index is 0.261. The smallest absolute Gasteiger partial charge is 0.123 e. The van der Waals surface area contributed by atoms with E-state index in [0.717, 1.165) is 29.0 Å². The Morgan fingerprint density at radius 2 is 2.32 bits per heavy atom. The first kappa shape index (κ1) is 13.6. The van der Waals surface area contributed by atoms with Crippen LogP contribution in [0.3, 0.4) is 0 Å². The number of benzene rings is 1. The van der Waals surface area contributed by atoms with Crippen molar-refractivity contribution in [2.75, 3.05) is 12.8 Å². The van der Waals surface area contributed by atoms with Gasteiger partial charge in [-0.3, -0.25) is 0 Å². The molecule has 1 N–H and O–H groups in total. The Labute approximate surface area is 124 Å². The van der Waals surface area contributed by atoms with Crippen molar-refractivity contribution in [3.8, 4) is 5.75 Å². The predicted octanol–water partition coefficient (Wildman–Crippen LogP) is 3.52. The summed E-state index contributed by atoms with van der Waals surface area (Å²) in [6.07, 6.45) is 7.45. The molecule has 2 nitrogen and oxygen atoms in total. The van der Waals surface area contributed by atoms with Crippen LogP contribution in [0.4, 0.5) is 0 Å². The van der Waals surface area contributed by atoms with Crippen LogP contribution in [-0.2, 0) is 6.42 Å². The summed E-state index contributed by atoms with van der Waals surface area (Å²) >= 11 is 8.01. The lowest BCUT2D eigenvalue weighted by atomic mass is 10.1. The summed E-state index contributed by atoms with van der Waals surface area (Å²) in [4.78, 5) is 0. The first-order chi connectivity index (χ1) is 9.26. The number of hydrogen-bond donors (Lipinski definition) is 1. The fourth-order valence-electron chi connectivity index (χ4n) is 3.13. The SMILES string of the molecule is CSC1CCCC1NCC1Cc2cc(Cl)ccc2O1. The number of hydrogen-bond acceptors (Lipinski definition) is 3. The highest BCUT2D eigenvalue weighted by Crippen LogP contribution is 2.32. The van der Waals surface area contributed by atoms with Gasteiger partial charge in [0, 0.05) is 29.3 Å². The molecule has 104 valence electrons. The average molecular weight is 298 g/mol. The van der Waals surface area contributed by atoms with Gasteiger partial charge in [0.15, 0.2) is 0 Å². The third-order valence-electron chi connectivity index (χ3n) is 4.13. The summed E-state index contributed by atoms with van der Waals surface area (Å²) in [5, 5.41) is 5.27. The molecule has 0 amide bonds. The number of ether oxygens (including phenoxy) is 1. The highest BCUT2D eigenvalue weighted by Gasteiger charge is 2.28. The molecule has 1 fully saturated rings. The molecule has 4 heteroatoms.